The number of ether oxygens (including phenoxy) is 1. The quantitative estimate of drug-likeness (QED) is 0.784. The lowest BCUT2D eigenvalue weighted by molar-refractivity contribution is -0.142. The summed E-state index contributed by atoms with van der Waals surface area (Å²) in [6, 6.07) is 1.34. The van der Waals surface area contributed by atoms with Crippen molar-refractivity contribution in [3.8, 4) is 0 Å². The Kier molecular flexibility index (Phi) is 4.81. The second kappa shape index (κ2) is 5.91. The molecule has 1 rings (SSSR count). The number of carbonyl (C=O) groups excluding carboxylic acids is 1. The van der Waals surface area contributed by atoms with Crippen LogP contribution in [-0.4, -0.2) is 17.6 Å². The van der Waals surface area contributed by atoms with E-state index < -0.39 is 18.1 Å². The van der Waals surface area contributed by atoms with Gasteiger partial charge in [0.2, 0.25) is 0 Å². The first-order valence-corrected chi connectivity index (χ1v) is 5.43. The van der Waals surface area contributed by atoms with Crippen LogP contribution in [0.2, 0.25) is 5.02 Å². The van der Waals surface area contributed by atoms with Gasteiger partial charge in [-0.2, -0.15) is 0 Å². The molecule has 0 atom stereocenters. The standard InChI is InChI=1S/C11H12ClF2NO2/c1-3-17-9(16)5-7-4-8(12)6(2)15-10(7)11(13)14/h4,11H,3,5H2,1-2H3. The zero-order chi connectivity index (χ0) is 13.0. The van der Waals surface area contributed by atoms with Gasteiger partial charge in [0.05, 0.1) is 23.7 Å². The molecule has 94 valence electrons. The summed E-state index contributed by atoms with van der Waals surface area (Å²) in [4.78, 5) is 14.9. The summed E-state index contributed by atoms with van der Waals surface area (Å²) in [6.45, 7) is 3.38. The van der Waals surface area contributed by atoms with Crippen molar-refractivity contribution in [2.45, 2.75) is 26.7 Å². The SMILES string of the molecule is CCOC(=O)Cc1cc(Cl)c(C)nc1C(F)F. The highest BCUT2D eigenvalue weighted by molar-refractivity contribution is 6.31. The summed E-state index contributed by atoms with van der Waals surface area (Å²) in [5.41, 5.74) is 0.00331. The molecule has 17 heavy (non-hydrogen) atoms. The van der Waals surface area contributed by atoms with Crippen molar-refractivity contribution in [3.05, 3.63) is 28.0 Å². The number of hydrogen-bond acceptors (Lipinski definition) is 3. The maximum absolute atomic E-state index is 12.7. The predicted molar refractivity (Wildman–Crippen MR) is 59.3 cm³/mol. The number of rotatable bonds is 4. The van der Waals surface area contributed by atoms with E-state index in [0.29, 0.717) is 5.69 Å². The van der Waals surface area contributed by atoms with Crippen LogP contribution < -0.4 is 0 Å². The molecule has 0 radical (unpaired) electrons. The van der Waals surface area contributed by atoms with E-state index in [1.54, 1.807) is 6.92 Å². The summed E-state index contributed by atoms with van der Waals surface area (Å²) < 4.78 is 30.1. The van der Waals surface area contributed by atoms with Crippen molar-refractivity contribution in [2.24, 2.45) is 0 Å². The molecule has 0 aliphatic carbocycles. The normalized spacial score (nSPS) is 10.7. The van der Waals surface area contributed by atoms with Gasteiger partial charge in [0, 0.05) is 0 Å². The zero-order valence-corrected chi connectivity index (χ0v) is 10.2. The Labute approximate surface area is 103 Å². The summed E-state index contributed by atoms with van der Waals surface area (Å²) in [5.74, 6) is -0.573. The molecule has 3 nitrogen and oxygen atoms in total. The van der Waals surface area contributed by atoms with E-state index in [-0.39, 0.29) is 23.6 Å². The highest BCUT2D eigenvalue weighted by Gasteiger charge is 2.19. The first-order chi connectivity index (χ1) is 7.95. The van der Waals surface area contributed by atoms with E-state index in [1.807, 2.05) is 0 Å². The monoisotopic (exact) mass is 263 g/mol. The molecule has 0 unspecified atom stereocenters. The van der Waals surface area contributed by atoms with Crippen LogP contribution in [-0.2, 0) is 16.0 Å². The van der Waals surface area contributed by atoms with Crippen LogP contribution in [0.5, 0.6) is 0 Å². The van der Waals surface area contributed by atoms with Crippen molar-refractivity contribution in [1.29, 1.82) is 0 Å². The third-order valence-electron chi connectivity index (χ3n) is 2.11. The van der Waals surface area contributed by atoms with E-state index in [2.05, 4.69) is 4.98 Å². The molecule has 0 N–H and O–H groups in total. The molecule has 0 saturated carbocycles. The Morgan fingerprint density at radius 3 is 2.76 bits per heavy atom. The minimum Gasteiger partial charge on any atom is -0.466 e. The van der Waals surface area contributed by atoms with Crippen LogP contribution in [0.1, 0.15) is 30.3 Å². The van der Waals surface area contributed by atoms with Gasteiger partial charge in [-0.15, -0.1) is 0 Å². The van der Waals surface area contributed by atoms with Gasteiger partial charge in [-0.3, -0.25) is 9.78 Å². The first kappa shape index (κ1) is 13.8. The topological polar surface area (TPSA) is 39.2 Å². The maximum atomic E-state index is 12.7. The molecule has 0 amide bonds. The van der Waals surface area contributed by atoms with Gasteiger partial charge in [0.15, 0.2) is 0 Å². The van der Waals surface area contributed by atoms with Crippen LogP contribution >= 0.6 is 11.6 Å². The highest BCUT2D eigenvalue weighted by Crippen LogP contribution is 2.26. The van der Waals surface area contributed by atoms with E-state index in [4.69, 9.17) is 16.3 Å². The smallest absolute Gasteiger partial charge is 0.310 e. The molecule has 0 bridgehead atoms. The average molecular weight is 264 g/mol. The maximum Gasteiger partial charge on any atom is 0.310 e. The van der Waals surface area contributed by atoms with E-state index in [0.717, 1.165) is 0 Å². The molecule has 1 heterocycles. The fourth-order valence-corrected chi connectivity index (χ4v) is 1.51. The highest BCUT2D eigenvalue weighted by atomic mass is 35.5. The minimum atomic E-state index is -2.74. The van der Waals surface area contributed by atoms with Crippen LogP contribution in [0.4, 0.5) is 8.78 Å². The number of esters is 1. The number of aromatic nitrogens is 1. The van der Waals surface area contributed by atoms with Crippen LogP contribution in [0.25, 0.3) is 0 Å². The predicted octanol–water partition coefficient (Wildman–Crippen LogP) is 3.09. The Bertz CT molecular complexity index is 424. The molecule has 1 aromatic heterocycles. The van der Waals surface area contributed by atoms with Crippen molar-refractivity contribution in [1.82, 2.24) is 4.98 Å². The van der Waals surface area contributed by atoms with Gasteiger partial charge < -0.3 is 4.74 Å². The Balaban J connectivity index is 3.04. The molecule has 1 aromatic rings. The van der Waals surface area contributed by atoms with Gasteiger partial charge in [-0.1, -0.05) is 11.6 Å². The summed E-state index contributed by atoms with van der Waals surface area (Å²) >= 11 is 5.79. The fourth-order valence-electron chi connectivity index (χ4n) is 1.34. The molecule has 0 fully saturated rings. The molecule has 0 saturated heterocycles. The third-order valence-corrected chi connectivity index (χ3v) is 2.49. The van der Waals surface area contributed by atoms with Crippen molar-refractivity contribution in [2.75, 3.05) is 6.61 Å². The van der Waals surface area contributed by atoms with Crippen molar-refractivity contribution < 1.29 is 18.3 Å². The third kappa shape index (κ3) is 3.63. The number of halogens is 3. The number of alkyl halides is 2. The number of carbonyl (C=O) groups is 1. The molecule has 6 heteroatoms. The number of nitrogens with zero attached hydrogens (tertiary/aromatic N) is 1. The summed E-state index contributed by atoms with van der Waals surface area (Å²) in [5, 5.41) is 0.258. The lowest BCUT2D eigenvalue weighted by atomic mass is 10.1. The zero-order valence-electron chi connectivity index (χ0n) is 9.47. The molecule has 0 aliphatic rings. The Morgan fingerprint density at radius 1 is 1.59 bits per heavy atom. The van der Waals surface area contributed by atoms with Crippen LogP contribution in [0.15, 0.2) is 6.07 Å². The van der Waals surface area contributed by atoms with Crippen molar-refractivity contribution >= 4 is 17.6 Å². The minimum absolute atomic E-state index is 0.106. The Morgan fingerprint density at radius 2 is 2.24 bits per heavy atom. The van der Waals surface area contributed by atoms with E-state index in [9.17, 15) is 13.6 Å². The second-order valence-electron chi connectivity index (χ2n) is 3.38. The van der Waals surface area contributed by atoms with E-state index >= 15 is 0 Å². The van der Waals surface area contributed by atoms with Gasteiger partial charge >= 0.3 is 5.97 Å². The largest absolute Gasteiger partial charge is 0.466 e. The van der Waals surface area contributed by atoms with Crippen molar-refractivity contribution in [3.63, 3.8) is 0 Å². The second-order valence-corrected chi connectivity index (χ2v) is 3.79. The lowest BCUT2D eigenvalue weighted by Gasteiger charge is -2.10. The van der Waals surface area contributed by atoms with Gasteiger partial charge in [0.1, 0.15) is 5.69 Å². The Hall–Kier alpha value is -1.23. The van der Waals surface area contributed by atoms with Crippen LogP contribution in [0.3, 0.4) is 0 Å². The fraction of sp³-hybridized carbons (Fsp3) is 0.455. The number of aryl methyl sites for hydroxylation is 1. The summed E-state index contributed by atoms with van der Waals surface area (Å²) in [6.07, 6.45) is -2.99. The number of hydrogen-bond donors (Lipinski definition) is 0. The molecule has 0 aliphatic heterocycles. The number of pyridine rings is 1. The lowest BCUT2D eigenvalue weighted by Crippen LogP contribution is -2.11. The van der Waals surface area contributed by atoms with Crippen LogP contribution in [0, 0.1) is 6.92 Å². The van der Waals surface area contributed by atoms with Gasteiger partial charge in [-0.05, 0) is 25.5 Å². The molecular weight excluding hydrogens is 252 g/mol. The average Bonchev–Trinajstić information content (AvgIpc) is 2.23. The van der Waals surface area contributed by atoms with Gasteiger partial charge in [-0.25, -0.2) is 8.78 Å². The first-order valence-electron chi connectivity index (χ1n) is 5.05. The van der Waals surface area contributed by atoms with E-state index in [1.165, 1.54) is 13.0 Å². The molecular formula is C11H12ClF2NO2. The van der Waals surface area contributed by atoms with Gasteiger partial charge in [0.25, 0.3) is 6.43 Å². The molecule has 0 aromatic carbocycles. The summed E-state index contributed by atoms with van der Waals surface area (Å²) in [7, 11) is 0. The molecule has 0 spiro atoms.